The van der Waals surface area contributed by atoms with Gasteiger partial charge < -0.3 is 14.9 Å². The molecule has 1 aliphatic rings. The third kappa shape index (κ3) is 4.57. The lowest BCUT2D eigenvalue weighted by Gasteiger charge is -2.29. The Bertz CT molecular complexity index is 735. The molecule has 0 aliphatic carbocycles. The van der Waals surface area contributed by atoms with Crippen molar-refractivity contribution in [2.75, 3.05) is 31.6 Å². The van der Waals surface area contributed by atoms with E-state index in [2.05, 4.69) is 15.1 Å². The molecule has 3 heterocycles. The van der Waals surface area contributed by atoms with Crippen molar-refractivity contribution in [3.8, 4) is 0 Å². The first-order chi connectivity index (χ1) is 12.5. The van der Waals surface area contributed by atoms with Crippen molar-refractivity contribution in [1.82, 2.24) is 24.6 Å². The number of aromatic nitrogens is 4. The molecule has 1 saturated heterocycles. The molecule has 0 bridgehead atoms. The molecule has 0 spiro atoms. The van der Waals surface area contributed by atoms with Crippen molar-refractivity contribution in [1.29, 1.82) is 0 Å². The Morgan fingerprint density at radius 3 is 3.00 bits per heavy atom. The van der Waals surface area contributed by atoms with Crippen LogP contribution in [0.4, 0.5) is 5.82 Å². The third-order valence-electron chi connectivity index (χ3n) is 4.74. The van der Waals surface area contributed by atoms with E-state index in [9.17, 15) is 9.90 Å². The Hall–Kier alpha value is -2.48. The van der Waals surface area contributed by atoms with E-state index in [1.807, 2.05) is 34.8 Å². The van der Waals surface area contributed by atoms with Crippen molar-refractivity contribution in [3.05, 3.63) is 36.5 Å². The summed E-state index contributed by atoms with van der Waals surface area (Å²) in [6.45, 7) is 4.15. The zero-order valence-electron chi connectivity index (χ0n) is 15.4. The summed E-state index contributed by atoms with van der Waals surface area (Å²) >= 11 is 0. The molecule has 1 amide bonds. The lowest BCUT2D eigenvalue weighted by atomic mass is 10.0. The summed E-state index contributed by atoms with van der Waals surface area (Å²) < 4.78 is 1.82. The number of anilines is 1. The molecule has 0 aromatic carbocycles. The highest BCUT2D eigenvalue weighted by atomic mass is 16.3. The maximum Gasteiger partial charge on any atom is 0.222 e. The van der Waals surface area contributed by atoms with Crippen LogP contribution < -0.4 is 4.90 Å². The van der Waals surface area contributed by atoms with Gasteiger partial charge in [-0.1, -0.05) is 0 Å². The second kappa shape index (κ2) is 7.82. The van der Waals surface area contributed by atoms with Gasteiger partial charge in [0.1, 0.15) is 17.7 Å². The van der Waals surface area contributed by atoms with Crippen molar-refractivity contribution in [3.63, 3.8) is 0 Å². The number of hydrogen-bond donors (Lipinski definition) is 1. The van der Waals surface area contributed by atoms with Crippen LogP contribution in [0.15, 0.2) is 30.9 Å². The lowest BCUT2D eigenvalue weighted by molar-refractivity contribution is -0.133. The van der Waals surface area contributed by atoms with E-state index in [-0.39, 0.29) is 5.91 Å². The highest BCUT2D eigenvalue weighted by Crippen LogP contribution is 2.26. The Kier molecular flexibility index (Phi) is 5.51. The molecule has 26 heavy (non-hydrogen) atoms. The fourth-order valence-corrected chi connectivity index (χ4v) is 3.34. The minimum absolute atomic E-state index is 0.0434. The van der Waals surface area contributed by atoms with Gasteiger partial charge in [-0.05, 0) is 25.8 Å². The molecule has 1 N–H and O–H groups in total. The average molecular weight is 358 g/mol. The molecule has 8 nitrogen and oxygen atoms in total. The molecule has 140 valence electrons. The fraction of sp³-hybridized carbons (Fsp3) is 0.556. The van der Waals surface area contributed by atoms with E-state index in [0.717, 1.165) is 24.5 Å². The van der Waals surface area contributed by atoms with Gasteiger partial charge in [0.25, 0.3) is 0 Å². The lowest BCUT2D eigenvalue weighted by Crippen LogP contribution is -2.45. The molecule has 0 radical (unpaired) electrons. The van der Waals surface area contributed by atoms with Gasteiger partial charge >= 0.3 is 0 Å². The van der Waals surface area contributed by atoms with Crippen LogP contribution in [0.3, 0.4) is 0 Å². The Balaban J connectivity index is 1.48. The summed E-state index contributed by atoms with van der Waals surface area (Å²) in [5.41, 5.74) is -0.0134. The number of aliphatic hydroxyl groups is 1. The Morgan fingerprint density at radius 2 is 2.27 bits per heavy atom. The van der Waals surface area contributed by atoms with Crippen molar-refractivity contribution in [2.45, 2.75) is 38.3 Å². The van der Waals surface area contributed by atoms with Gasteiger partial charge in [0, 0.05) is 57.3 Å². The number of nitrogens with zero attached hydrogens (tertiary/aromatic N) is 6. The first kappa shape index (κ1) is 18.3. The maximum atomic E-state index is 12.3. The van der Waals surface area contributed by atoms with Gasteiger partial charge in [-0.25, -0.2) is 9.97 Å². The second-order valence-corrected chi connectivity index (χ2v) is 7.04. The van der Waals surface area contributed by atoms with Gasteiger partial charge in [-0.3, -0.25) is 9.48 Å². The normalized spacial score (nSPS) is 19.7. The minimum atomic E-state index is -0.911. The summed E-state index contributed by atoms with van der Waals surface area (Å²) in [4.78, 5) is 24.4. The predicted octanol–water partition coefficient (Wildman–Crippen LogP) is 0.862. The maximum absolute atomic E-state index is 12.3. The van der Waals surface area contributed by atoms with E-state index in [1.54, 1.807) is 18.1 Å². The van der Waals surface area contributed by atoms with E-state index in [0.29, 0.717) is 32.5 Å². The molecule has 2 aromatic rings. The molecule has 2 aromatic heterocycles. The molecule has 1 fully saturated rings. The summed E-state index contributed by atoms with van der Waals surface area (Å²) in [5.74, 6) is 0.864. The first-order valence-corrected chi connectivity index (χ1v) is 8.93. The molecule has 1 aliphatic heterocycles. The first-order valence-electron chi connectivity index (χ1n) is 8.93. The van der Waals surface area contributed by atoms with Crippen LogP contribution in [0.1, 0.15) is 25.0 Å². The van der Waals surface area contributed by atoms with Gasteiger partial charge in [-0.15, -0.1) is 0 Å². The van der Waals surface area contributed by atoms with E-state index < -0.39 is 5.60 Å². The van der Waals surface area contributed by atoms with Crippen LogP contribution in [-0.2, 0) is 11.3 Å². The van der Waals surface area contributed by atoms with Gasteiger partial charge in [-0.2, -0.15) is 5.10 Å². The highest BCUT2D eigenvalue weighted by molar-refractivity contribution is 5.75. The number of aryl methyl sites for hydroxylation is 2. The molecular weight excluding hydrogens is 332 g/mol. The number of rotatable bonds is 7. The van der Waals surface area contributed by atoms with Crippen LogP contribution in [0.2, 0.25) is 0 Å². The summed E-state index contributed by atoms with van der Waals surface area (Å²) in [6.07, 6.45) is 6.95. The zero-order chi connectivity index (χ0) is 18.6. The smallest absolute Gasteiger partial charge is 0.222 e. The van der Waals surface area contributed by atoms with Crippen LogP contribution in [0.5, 0.6) is 0 Å². The number of hydrogen-bond acceptors (Lipinski definition) is 6. The molecular formula is C18H26N6O2. The summed E-state index contributed by atoms with van der Waals surface area (Å²) in [5, 5.41) is 15.0. The average Bonchev–Trinajstić information content (AvgIpc) is 3.25. The largest absolute Gasteiger partial charge is 0.386 e. The Labute approximate surface area is 153 Å². The van der Waals surface area contributed by atoms with Gasteiger partial charge in [0.05, 0.1) is 6.54 Å². The van der Waals surface area contributed by atoms with Crippen LogP contribution in [0.25, 0.3) is 0 Å². The van der Waals surface area contributed by atoms with E-state index in [1.165, 1.54) is 6.33 Å². The highest BCUT2D eigenvalue weighted by Gasteiger charge is 2.38. The quantitative estimate of drug-likeness (QED) is 0.790. The van der Waals surface area contributed by atoms with Gasteiger partial charge in [0.15, 0.2) is 0 Å². The number of amides is 1. The topological polar surface area (TPSA) is 87.4 Å². The van der Waals surface area contributed by atoms with E-state index >= 15 is 0 Å². The molecule has 3 rings (SSSR count). The number of β-amino-alcohol motifs (C(OH)–C–C–N with tert-alkyl or cyclic N) is 1. The van der Waals surface area contributed by atoms with Crippen molar-refractivity contribution < 1.29 is 9.90 Å². The Morgan fingerprint density at radius 1 is 1.42 bits per heavy atom. The van der Waals surface area contributed by atoms with Crippen molar-refractivity contribution >= 4 is 11.7 Å². The number of likely N-dealkylation sites (N-methyl/N-ethyl adjacent to an activating group) is 1. The third-order valence-corrected chi connectivity index (χ3v) is 4.74. The van der Waals surface area contributed by atoms with E-state index in [4.69, 9.17) is 0 Å². The molecule has 8 heteroatoms. The summed E-state index contributed by atoms with van der Waals surface area (Å²) in [6, 6.07) is 3.78. The number of carbonyl (C=O) groups excluding carboxylic acids is 1. The molecule has 0 saturated carbocycles. The molecule has 1 unspecified atom stereocenters. The van der Waals surface area contributed by atoms with Gasteiger partial charge in [0.2, 0.25) is 5.91 Å². The second-order valence-electron chi connectivity index (χ2n) is 7.04. The minimum Gasteiger partial charge on any atom is -0.386 e. The van der Waals surface area contributed by atoms with Crippen molar-refractivity contribution in [2.24, 2.45) is 0 Å². The molecule has 1 atom stereocenters. The van der Waals surface area contributed by atoms with Crippen LogP contribution in [0, 0.1) is 6.92 Å². The van der Waals surface area contributed by atoms with Crippen LogP contribution >= 0.6 is 0 Å². The SMILES string of the molecule is Cc1cc(N2CCC(O)(CN(C)C(=O)CCCn3cccn3)C2)ncn1. The predicted molar refractivity (Wildman–Crippen MR) is 97.6 cm³/mol. The van der Waals surface area contributed by atoms with Crippen LogP contribution in [-0.4, -0.2) is 67.9 Å². The standard InChI is InChI=1S/C18H26N6O2/c1-15-11-16(20-14-19-15)23-10-6-18(26,13-23)12-22(2)17(25)5-3-8-24-9-4-7-21-24/h4,7,9,11,14,26H,3,5-6,8,10,12-13H2,1-2H3. The number of carbonyl (C=O) groups is 1. The zero-order valence-corrected chi connectivity index (χ0v) is 15.4. The monoisotopic (exact) mass is 358 g/mol. The fourth-order valence-electron chi connectivity index (χ4n) is 3.34. The summed E-state index contributed by atoms with van der Waals surface area (Å²) in [7, 11) is 1.76.